The van der Waals surface area contributed by atoms with Gasteiger partial charge in [-0.15, -0.1) is 0 Å². The minimum absolute atomic E-state index is 0.190. The molecule has 0 spiro atoms. The molecule has 0 atom stereocenters. The largest absolute Gasteiger partial charge is 0.379 e. The van der Waals surface area contributed by atoms with Crippen LogP contribution in [-0.4, -0.2) is 66.2 Å². The molecular formula is C27H40N6O2. The number of hydrogen-bond donors (Lipinski definition) is 3. The molecule has 1 aliphatic carbocycles. The number of anilines is 3. The van der Waals surface area contributed by atoms with Crippen LogP contribution in [0.15, 0.2) is 30.5 Å². The highest BCUT2D eigenvalue weighted by molar-refractivity contribution is 6.07. The van der Waals surface area contributed by atoms with E-state index < -0.39 is 0 Å². The maximum Gasteiger partial charge on any atom is 0.260 e. The zero-order valence-electron chi connectivity index (χ0n) is 21.0. The minimum Gasteiger partial charge on any atom is -0.379 e. The van der Waals surface area contributed by atoms with E-state index in [2.05, 4.69) is 49.9 Å². The molecule has 1 aromatic carbocycles. The lowest BCUT2D eigenvalue weighted by Gasteiger charge is -2.26. The van der Waals surface area contributed by atoms with Crippen LogP contribution in [0.4, 0.5) is 17.5 Å². The molecule has 1 aromatic heterocycles. The summed E-state index contributed by atoms with van der Waals surface area (Å²) < 4.78 is 5.42. The zero-order chi connectivity index (χ0) is 24.3. The van der Waals surface area contributed by atoms with E-state index in [-0.39, 0.29) is 5.91 Å². The molecule has 2 heterocycles. The number of aromatic nitrogens is 2. The zero-order valence-corrected chi connectivity index (χ0v) is 21.0. The third-order valence-electron chi connectivity index (χ3n) is 6.83. The van der Waals surface area contributed by atoms with Gasteiger partial charge in [0.2, 0.25) is 5.95 Å². The van der Waals surface area contributed by atoms with Crippen LogP contribution in [0.5, 0.6) is 0 Å². The van der Waals surface area contributed by atoms with Crippen molar-refractivity contribution in [2.24, 2.45) is 0 Å². The van der Waals surface area contributed by atoms with Crippen molar-refractivity contribution in [3.05, 3.63) is 41.6 Å². The van der Waals surface area contributed by atoms with Crippen molar-refractivity contribution in [3.63, 3.8) is 0 Å². The first-order valence-corrected chi connectivity index (χ1v) is 13.3. The number of nitrogens with one attached hydrogen (secondary N) is 3. The molecule has 2 aliphatic rings. The Labute approximate surface area is 209 Å². The van der Waals surface area contributed by atoms with Crippen molar-refractivity contribution in [1.82, 2.24) is 14.9 Å². The van der Waals surface area contributed by atoms with Gasteiger partial charge >= 0.3 is 0 Å². The molecule has 0 radical (unpaired) electrons. The van der Waals surface area contributed by atoms with E-state index in [1.54, 1.807) is 6.20 Å². The van der Waals surface area contributed by atoms with Crippen LogP contribution in [0, 0.1) is 0 Å². The smallest absolute Gasteiger partial charge is 0.260 e. The van der Waals surface area contributed by atoms with Gasteiger partial charge in [-0.2, -0.15) is 4.98 Å². The van der Waals surface area contributed by atoms with Crippen molar-refractivity contribution in [1.29, 1.82) is 0 Å². The Bertz CT molecular complexity index is 924. The van der Waals surface area contributed by atoms with E-state index in [0.717, 1.165) is 77.2 Å². The van der Waals surface area contributed by atoms with Gasteiger partial charge in [0.15, 0.2) is 0 Å². The van der Waals surface area contributed by atoms with Crippen molar-refractivity contribution in [3.8, 4) is 0 Å². The lowest BCUT2D eigenvalue weighted by Crippen LogP contribution is -2.37. The summed E-state index contributed by atoms with van der Waals surface area (Å²) in [6.07, 6.45) is 10.7. The molecule has 3 N–H and O–H groups in total. The Kier molecular flexibility index (Phi) is 9.72. The first-order valence-electron chi connectivity index (χ1n) is 13.3. The molecule has 1 amide bonds. The summed E-state index contributed by atoms with van der Waals surface area (Å²) in [5.74, 6) is 0.993. The average Bonchev–Trinajstić information content (AvgIpc) is 2.90. The van der Waals surface area contributed by atoms with E-state index in [9.17, 15) is 4.79 Å². The third-order valence-corrected chi connectivity index (χ3v) is 6.83. The number of nitrogens with zero attached hydrogens (tertiary/aromatic N) is 3. The van der Waals surface area contributed by atoms with E-state index in [4.69, 9.17) is 4.74 Å². The number of carbonyl (C=O) groups is 1. The number of unbranched alkanes of at least 4 members (excludes halogenated alkanes) is 1. The van der Waals surface area contributed by atoms with Gasteiger partial charge in [0.1, 0.15) is 11.4 Å². The second kappa shape index (κ2) is 13.4. The fourth-order valence-electron chi connectivity index (χ4n) is 4.63. The monoisotopic (exact) mass is 480 g/mol. The molecule has 35 heavy (non-hydrogen) atoms. The first kappa shape index (κ1) is 25.4. The number of morpholine rings is 1. The Morgan fingerprint density at radius 2 is 1.89 bits per heavy atom. The van der Waals surface area contributed by atoms with E-state index in [1.807, 2.05) is 12.1 Å². The summed E-state index contributed by atoms with van der Waals surface area (Å²) in [6, 6.07) is 8.48. The molecule has 1 aliphatic heterocycles. The van der Waals surface area contributed by atoms with Gasteiger partial charge in [0.25, 0.3) is 5.91 Å². The number of rotatable bonds is 11. The van der Waals surface area contributed by atoms with Gasteiger partial charge in [-0.3, -0.25) is 9.69 Å². The van der Waals surface area contributed by atoms with Gasteiger partial charge in [-0.1, -0.05) is 44.7 Å². The highest BCUT2D eigenvalue weighted by Gasteiger charge is 2.20. The van der Waals surface area contributed by atoms with E-state index in [1.165, 1.54) is 24.8 Å². The summed E-state index contributed by atoms with van der Waals surface area (Å²) in [4.78, 5) is 24.7. The van der Waals surface area contributed by atoms with Crippen molar-refractivity contribution < 1.29 is 9.53 Å². The summed E-state index contributed by atoms with van der Waals surface area (Å²) in [7, 11) is 0. The van der Waals surface area contributed by atoms with Gasteiger partial charge in [0, 0.05) is 44.1 Å². The van der Waals surface area contributed by atoms with E-state index in [0.29, 0.717) is 23.4 Å². The van der Waals surface area contributed by atoms with Crippen molar-refractivity contribution >= 4 is 23.4 Å². The van der Waals surface area contributed by atoms with Crippen molar-refractivity contribution in [2.45, 2.75) is 64.3 Å². The summed E-state index contributed by atoms with van der Waals surface area (Å²) in [5, 5.41) is 9.85. The Morgan fingerprint density at radius 3 is 2.63 bits per heavy atom. The second-order valence-corrected chi connectivity index (χ2v) is 9.57. The van der Waals surface area contributed by atoms with Crippen LogP contribution < -0.4 is 16.0 Å². The normalized spacial score (nSPS) is 17.2. The van der Waals surface area contributed by atoms with Gasteiger partial charge in [-0.05, 0) is 43.4 Å². The molecule has 4 rings (SSSR count). The molecule has 2 aromatic rings. The van der Waals surface area contributed by atoms with Crippen molar-refractivity contribution in [2.75, 3.05) is 55.3 Å². The van der Waals surface area contributed by atoms with Crippen LogP contribution in [0.2, 0.25) is 0 Å². The Hall–Kier alpha value is -2.71. The summed E-state index contributed by atoms with van der Waals surface area (Å²) in [6.45, 7) is 7.65. The third kappa shape index (κ3) is 7.90. The maximum absolute atomic E-state index is 13.2. The molecule has 0 unspecified atom stereocenters. The van der Waals surface area contributed by atoms with Crippen LogP contribution in [0.25, 0.3) is 0 Å². The highest BCUT2D eigenvalue weighted by atomic mass is 16.5. The second-order valence-electron chi connectivity index (χ2n) is 9.57. The number of ether oxygens (including phenoxy) is 1. The SMILES string of the molecule is CCCCNc1ncc(C(=O)Nc2ccc(CCN3CCOCC3)cc2)c(NC2CCCCC2)n1. The lowest BCUT2D eigenvalue weighted by molar-refractivity contribution is 0.0384. The predicted octanol–water partition coefficient (Wildman–Crippen LogP) is 4.56. The Balaban J connectivity index is 1.39. The van der Waals surface area contributed by atoms with Gasteiger partial charge < -0.3 is 20.7 Å². The number of carbonyl (C=O) groups excluding carboxylic acids is 1. The molecule has 8 nitrogen and oxygen atoms in total. The number of hydrogen-bond acceptors (Lipinski definition) is 7. The average molecular weight is 481 g/mol. The van der Waals surface area contributed by atoms with Crippen LogP contribution in [0.1, 0.15) is 67.8 Å². The molecule has 2 fully saturated rings. The molecule has 0 bridgehead atoms. The van der Waals surface area contributed by atoms with Crippen LogP contribution in [0.3, 0.4) is 0 Å². The van der Waals surface area contributed by atoms with E-state index >= 15 is 0 Å². The molecule has 1 saturated carbocycles. The summed E-state index contributed by atoms with van der Waals surface area (Å²) >= 11 is 0. The minimum atomic E-state index is -0.190. The number of amides is 1. The predicted molar refractivity (Wildman–Crippen MR) is 141 cm³/mol. The van der Waals surface area contributed by atoms with Crippen LogP contribution in [-0.2, 0) is 11.2 Å². The standard InChI is InChI=1S/C27H40N6O2/c1-2-3-14-28-27-29-20-24(25(32-27)30-22-7-5-4-6-8-22)26(34)31-23-11-9-21(10-12-23)13-15-33-16-18-35-19-17-33/h9-12,20,22H,2-8,13-19H2,1H3,(H,31,34)(H2,28,29,30,32). The number of benzene rings is 1. The maximum atomic E-state index is 13.2. The molecular weight excluding hydrogens is 440 g/mol. The molecule has 8 heteroatoms. The molecule has 1 saturated heterocycles. The lowest BCUT2D eigenvalue weighted by atomic mass is 9.95. The fourth-order valence-corrected chi connectivity index (χ4v) is 4.63. The Morgan fingerprint density at radius 1 is 1.11 bits per heavy atom. The summed E-state index contributed by atoms with van der Waals surface area (Å²) in [5.41, 5.74) is 2.52. The first-order chi connectivity index (χ1) is 17.2. The molecule has 190 valence electrons. The topological polar surface area (TPSA) is 91.4 Å². The fraction of sp³-hybridized carbons (Fsp3) is 0.593. The van der Waals surface area contributed by atoms with Gasteiger partial charge in [-0.25, -0.2) is 4.98 Å². The highest BCUT2D eigenvalue weighted by Crippen LogP contribution is 2.24. The quantitative estimate of drug-likeness (QED) is 0.406. The van der Waals surface area contributed by atoms with Crippen LogP contribution >= 0.6 is 0 Å². The van der Waals surface area contributed by atoms with Gasteiger partial charge in [0.05, 0.1) is 13.2 Å².